The first-order chi connectivity index (χ1) is 11.7. The minimum atomic E-state index is -5.39. The lowest BCUT2D eigenvalue weighted by molar-refractivity contribution is -0.432. The second-order valence-electron chi connectivity index (χ2n) is 6.20. The van der Waals surface area contributed by atoms with Crippen molar-refractivity contribution in [3.8, 4) is 11.5 Å². The molecule has 0 amide bonds. The molecule has 6 nitrogen and oxygen atoms in total. The van der Waals surface area contributed by atoms with E-state index in [2.05, 4.69) is 36.2 Å². The smallest absolute Gasteiger partial charge is 0.131 e. The third-order valence-electron chi connectivity index (χ3n) is 4.41. The van der Waals surface area contributed by atoms with Gasteiger partial charge in [0, 0.05) is 35.5 Å². The third kappa shape index (κ3) is 4.42. The highest BCUT2D eigenvalue weighted by molar-refractivity contribution is 7.40. The number of likely N-dealkylation sites (tertiary alicyclic amines) is 1. The van der Waals surface area contributed by atoms with E-state index in [0.717, 1.165) is 29.6 Å². The van der Waals surface area contributed by atoms with Crippen molar-refractivity contribution in [3.05, 3.63) is 58.6 Å². The van der Waals surface area contributed by atoms with Crippen LogP contribution in [0.2, 0.25) is 5.02 Å². The summed E-state index contributed by atoms with van der Waals surface area (Å²) in [4.78, 5) is 28.0. The number of fused-ring (bicyclic) bond motifs is 5. The Kier molecular flexibility index (Phi) is 5.21. The molecule has 134 valence electrons. The van der Waals surface area contributed by atoms with Gasteiger partial charge in [-0.15, -0.1) is 0 Å². The van der Waals surface area contributed by atoms with Crippen LogP contribution in [0.15, 0.2) is 42.5 Å². The predicted molar refractivity (Wildman–Crippen MR) is 88.6 cm³/mol. The largest absolute Gasteiger partial charge is 0.822 e. The topological polar surface area (TPSA) is 98.7 Å². The van der Waals surface area contributed by atoms with E-state index in [4.69, 9.17) is 35.6 Å². The summed E-state index contributed by atoms with van der Waals surface area (Å²) in [6, 6.07) is 14.4. The van der Waals surface area contributed by atoms with E-state index in [1.165, 1.54) is 11.1 Å². The van der Waals surface area contributed by atoms with Gasteiger partial charge in [0.15, 0.2) is 0 Å². The van der Waals surface area contributed by atoms with E-state index in [-0.39, 0.29) is 0 Å². The molecular weight excluding hydrogens is 365 g/mol. The molecule has 2 heterocycles. The molecule has 2 aromatic rings. The van der Waals surface area contributed by atoms with Crippen molar-refractivity contribution >= 4 is 19.4 Å². The first-order valence-electron chi connectivity index (χ1n) is 7.70. The van der Waals surface area contributed by atoms with Crippen LogP contribution < -0.4 is 19.4 Å². The molecule has 25 heavy (non-hydrogen) atoms. The fourth-order valence-electron chi connectivity index (χ4n) is 3.53. The van der Waals surface area contributed by atoms with E-state index in [0.29, 0.717) is 11.8 Å². The van der Waals surface area contributed by atoms with Crippen molar-refractivity contribution in [2.24, 2.45) is 0 Å². The Morgan fingerprint density at radius 1 is 1.04 bits per heavy atom. The van der Waals surface area contributed by atoms with E-state index >= 15 is 0 Å². The van der Waals surface area contributed by atoms with Crippen molar-refractivity contribution < 1.29 is 24.0 Å². The molecule has 2 aliphatic heterocycles. The summed E-state index contributed by atoms with van der Waals surface area (Å²) in [6.07, 6.45) is 0. The molecule has 2 aromatic carbocycles. The van der Waals surface area contributed by atoms with Crippen LogP contribution in [0.4, 0.5) is 0 Å². The van der Waals surface area contributed by atoms with Gasteiger partial charge in [-0.1, -0.05) is 29.8 Å². The number of hydrogen-bond acceptors (Lipinski definition) is 6. The molecule has 2 unspecified atom stereocenters. The fraction of sp³-hybridized carbons (Fsp3) is 0.294. The van der Waals surface area contributed by atoms with Crippen LogP contribution in [0.25, 0.3) is 0 Å². The Bertz CT molecular complexity index is 816. The predicted octanol–water partition coefficient (Wildman–Crippen LogP) is 1.43. The molecule has 1 saturated heterocycles. The molecule has 0 radical (unpaired) electrons. The highest BCUT2D eigenvalue weighted by Crippen LogP contribution is 2.49. The molecule has 1 fully saturated rings. The van der Waals surface area contributed by atoms with Gasteiger partial charge in [0.2, 0.25) is 0 Å². The fourth-order valence-corrected chi connectivity index (χ4v) is 3.71. The summed E-state index contributed by atoms with van der Waals surface area (Å²) in [5, 5.41) is 0.784. The number of phosphoric acid groups is 1. The summed E-state index contributed by atoms with van der Waals surface area (Å²) in [7, 11) is -3.21. The van der Waals surface area contributed by atoms with E-state index in [9.17, 15) is 0 Å². The Morgan fingerprint density at radius 2 is 1.60 bits per heavy atom. The molecule has 8 heteroatoms. The van der Waals surface area contributed by atoms with Gasteiger partial charge in [0.1, 0.15) is 11.5 Å². The summed E-state index contributed by atoms with van der Waals surface area (Å²) < 4.78 is 14.7. The lowest BCUT2D eigenvalue weighted by atomic mass is 9.84. The van der Waals surface area contributed by atoms with Crippen LogP contribution in [-0.4, -0.2) is 25.0 Å². The van der Waals surface area contributed by atoms with Gasteiger partial charge in [-0.2, -0.15) is 7.82 Å². The highest BCUT2D eigenvalue weighted by Gasteiger charge is 2.38. The zero-order chi connectivity index (χ0) is 18.2. The Morgan fingerprint density at radius 3 is 2.28 bits per heavy atom. The number of nitrogens with zero attached hydrogens (tertiary/aromatic N) is 1. The van der Waals surface area contributed by atoms with Crippen molar-refractivity contribution in [2.45, 2.75) is 11.8 Å². The summed E-state index contributed by atoms with van der Waals surface area (Å²) in [5.41, 5.74) is 2.55. The molecule has 0 aromatic heterocycles. The van der Waals surface area contributed by atoms with Crippen molar-refractivity contribution in [1.29, 1.82) is 0 Å². The second kappa shape index (κ2) is 7.08. The van der Waals surface area contributed by atoms with Crippen LogP contribution in [0.3, 0.4) is 0 Å². The maximum atomic E-state index is 8.55. The number of hydrogen-bond donors (Lipinski definition) is 0. The maximum absolute atomic E-state index is 8.55. The number of rotatable bonds is 0. The molecule has 0 bridgehead atoms. The van der Waals surface area contributed by atoms with E-state index in [1.807, 2.05) is 18.2 Å². The van der Waals surface area contributed by atoms with Crippen LogP contribution in [0, 0.1) is 0 Å². The van der Waals surface area contributed by atoms with Crippen molar-refractivity contribution in [3.63, 3.8) is 0 Å². The standard InChI is InChI=1S/C17H16ClNO.H3O4P/c1-19-9-14-12-4-2-3-5-16(12)20-17-7-6-11(18)8-13(17)15(14)10-19;1-5(2,3)4/h2-8,14-15H,9-10H2,1H3;(H3,1,2,3,4)/p-3. The Labute approximate surface area is 150 Å². The number of halogens is 1. The van der Waals surface area contributed by atoms with Gasteiger partial charge in [-0.25, -0.2) is 0 Å². The third-order valence-corrected chi connectivity index (χ3v) is 4.65. The van der Waals surface area contributed by atoms with Gasteiger partial charge in [0.05, 0.1) is 0 Å². The summed E-state index contributed by atoms with van der Waals surface area (Å²) in [6.45, 7) is 2.12. The molecule has 0 saturated carbocycles. The van der Waals surface area contributed by atoms with E-state index < -0.39 is 7.82 Å². The lowest BCUT2D eigenvalue weighted by Gasteiger charge is -2.36. The lowest BCUT2D eigenvalue weighted by Crippen LogP contribution is -2.24. The van der Waals surface area contributed by atoms with Gasteiger partial charge < -0.3 is 28.9 Å². The van der Waals surface area contributed by atoms with Crippen molar-refractivity contribution in [1.82, 2.24) is 4.90 Å². The maximum Gasteiger partial charge on any atom is 0.131 e. The van der Waals surface area contributed by atoms with Gasteiger partial charge in [-0.05, 0) is 36.9 Å². The minimum Gasteiger partial charge on any atom is -0.822 e. The number of benzene rings is 2. The van der Waals surface area contributed by atoms with E-state index in [1.54, 1.807) is 0 Å². The van der Waals surface area contributed by atoms with Crippen LogP contribution in [-0.2, 0) is 4.57 Å². The second-order valence-corrected chi connectivity index (χ2v) is 7.53. The molecular formula is C17H16ClNO5P-3. The summed E-state index contributed by atoms with van der Waals surface area (Å²) in [5.74, 6) is 2.87. The molecule has 0 spiro atoms. The summed E-state index contributed by atoms with van der Waals surface area (Å²) >= 11 is 6.20. The Balaban J connectivity index is 0.000000324. The number of ether oxygens (including phenoxy) is 1. The molecule has 0 aliphatic carbocycles. The molecule has 2 atom stereocenters. The Hall–Kier alpha value is -1.40. The highest BCUT2D eigenvalue weighted by atomic mass is 35.5. The molecule has 4 rings (SSSR count). The average Bonchev–Trinajstić information content (AvgIpc) is 2.84. The van der Waals surface area contributed by atoms with Gasteiger partial charge >= 0.3 is 0 Å². The first kappa shape index (κ1) is 18.4. The zero-order valence-corrected chi connectivity index (χ0v) is 15.1. The van der Waals surface area contributed by atoms with Crippen LogP contribution in [0.5, 0.6) is 11.5 Å². The SMILES string of the molecule is CN1CC2c3ccccc3Oc3ccc(Cl)cc3C2C1.O=P([O-])([O-])[O-]. The molecule has 2 aliphatic rings. The van der Waals surface area contributed by atoms with Crippen LogP contribution in [0.1, 0.15) is 23.0 Å². The van der Waals surface area contributed by atoms with Crippen molar-refractivity contribution in [2.75, 3.05) is 20.1 Å². The number of para-hydroxylation sites is 1. The number of likely N-dealkylation sites (N-methyl/N-ethyl adjacent to an activating group) is 1. The minimum absolute atomic E-state index is 0.456. The quantitative estimate of drug-likeness (QED) is 0.641. The monoisotopic (exact) mass is 380 g/mol. The van der Waals surface area contributed by atoms with Gasteiger partial charge in [-0.3, -0.25) is 0 Å². The zero-order valence-electron chi connectivity index (χ0n) is 13.4. The first-order valence-corrected chi connectivity index (χ1v) is 9.54. The average molecular weight is 381 g/mol. The molecule has 0 N–H and O–H groups in total. The normalized spacial score (nSPS) is 21.8. The van der Waals surface area contributed by atoms with Crippen LogP contribution >= 0.6 is 19.4 Å². The van der Waals surface area contributed by atoms with Gasteiger partial charge in [0.25, 0.3) is 0 Å².